The highest BCUT2D eigenvalue weighted by Gasteiger charge is 2.15. The number of carbonyl (C=O) groups is 2. The molecule has 1 heterocycles. The molecule has 0 atom stereocenters. The van der Waals surface area contributed by atoms with E-state index in [9.17, 15) is 9.59 Å². The first-order valence-electron chi connectivity index (χ1n) is 6.03. The molecule has 1 amide bonds. The van der Waals surface area contributed by atoms with E-state index in [1.807, 2.05) is 0 Å². The Morgan fingerprint density at radius 1 is 1.29 bits per heavy atom. The highest BCUT2D eigenvalue weighted by molar-refractivity contribution is 6.33. The summed E-state index contributed by atoms with van der Waals surface area (Å²) in [6.07, 6.45) is 1.35. The smallest absolute Gasteiger partial charge is 0.335 e. The Bertz CT molecular complexity index is 731. The summed E-state index contributed by atoms with van der Waals surface area (Å²) in [5.74, 6) is -1.17. The fourth-order valence-electron chi connectivity index (χ4n) is 1.69. The summed E-state index contributed by atoms with van der Waals surface area (Å²) in [5, 5.41) is 11.7. The van der Waals surface area contributed by atoms with E-state index in [1.165, 1.54) is 18.3 Å². The van der Waals surface area contributed by atoms with Crippen molar-refractivity contribution in [3.8, 4) is 0 Å². The standard InChI is InChI=1S/C14H12ClN3O3/c1-7-3-4-9(14(20)21)5-11(7)18-13(19)12-10(15)6-16-8(2)17-12/h3-6H,1-2H3,(H,18,19)(H,20,21). The molecule has 6 nitrogen and oxygen atoms in total. The number of anilines is 1. The van der Waals surface area contributed by atoms with Gasteiger partial charge in [-0.1, -0.05) is 17.7 Å². The molecule has 1 aromatic heterocycles. The van der Waals surface area contributed by atoms with Gasteiger partial charge in [-0.25, -0.2) is 14.8 Å². The topological polar surface area (TPSA) is 92.2 Å². The minimum atomic E-state index is -1.07. The summed E-state index contributed by atoms with van der Waals surface area (Å²) >= 11 is 5.90. The Balaban J connectivity index is 2.33. The second-order valence-electron chi connectivity index (χ2n) is 4.40. The zero-order valence-electron chi connectivity index (χ0n) is 11.3. The van der Waals surface area contributed by atoms with Gasteiger partial charge in [-0.3, -0.25) is 4.79 Å². The molecule has 108 valence electrons. The molecular weight excluding hydrogens is 294 g/mol. The zero-order valence-corrected chi connectivity index (χ0v) is 12.1. The maximum Gasteiger partial charge on any atom is 0.335 e. The minimum absolute atomic E-state index is 0.0456. The number of halogens is 1. The maximum absolute atomic E-state index is 12.2. The fourth-order valence-corrected chi connectivity index (χ4v) is 1.86. The number of carbonyl (C=O) groups excluding carboxylic acids is 1. The van der Waals surface area contributed by atoms with E-state index in [1.54, 1.807) is 19.9 Å². The third-order valence-electron chi connectivity index (χ3n) is 2.81. The van der Waals surface area contributed by atoms with E-state index in [4.69, 9.17) is 16.7 Å². The van der Waals surface area contributed by atoms with Crippen molar-refractivity contribution in [3.05, 3.63) is 52.1 Å². The number of aryl methyl sites for hydroxylation is 2. The molecule has 0 saturated heterocycles. The van der Waals surface area contributed by atoms with Crippen molar-refractivity contribution in [2.75, 3.05) is 5.32 Å². The number of amides is 1. The van der Waals surface area contributed by atoms with E-state index in [0.29, 0.717) is 11.5 Å². The van der Waals surface area contributed by atoms with Gasteiger partial charge in [0.25, 0.3) is 5.91 Å². The zero-order chi connectivity index (χ0) is 15.6. The summed E-state index contributed by atoms with van der Waals surface area (Å²) < 4.78 is 0. The Kier molecular flexibility index (Phi) is 4.18. The van der Waals surface area contributed by atoms with Crippen molar-refractivity contribution < 1.29 is 14.7 Å². The third-order valence-corrected chi connectivity index (χ3v) is 3.09. The molecule has 0 aliphatic carbocycles. The van der Waals surface area contributed by atoms with Crippen LogP contribution in [0.5, 0.6) is 0 Å². The van der Waals surface area contributed by atoms with Crippen LogP contribution in [-0.2, 0) is 0 Å². The Morgan fingerprint density at radius 2 is 2.00 bits per heavy atom. The van der Waals surface area contributed by atoms with Gasteiger partial charge in [-0.05, 0) is 31.5 Å². The van der Waals surface area contributed by atoms with E-state index in [2.05, 4.69) is 15.3 Å². The summed E-state index contributed by atoms with van der Waals surface area (Å²) in [5.41, 5.74) is 1.26. The number of nitrogens with one attached hydrogen (secondary N) is 1. The van der Waals surface area contributed by atoms with Gasteiger partial charge >= 0.3 is 5.97 Å². The first-order chi connectivity index (χ1) is 9.88. The molecule has 0 fully saturated rings. The highest BCUT2D eigenvalue weighted by atomic mass is 35.5. The molecule has 0 aliphatic rings. The van der Waals surface area contributed by atoms with Crippen LogP contribution in [0.3, 0.4) is 0 Å². The predicted octanol–water partition coefficient (Wildman–Crippen LogP) is 2.70. The summed E-state index contributed by atoms with van der Waals surface area (Å²) in [6, 6.07) is 4.47. The first-order valence-corrected chi connectivity index (χ1v) is 6.40. The molecule has 1 aromatic carbocycles. The SMILES string of the molecule is Cc1ncc(Cl)c(C(=O)Nc2cc(C(=O)O)ccc2C)n1. The molecular formula is C14H12ClN3O3. The normalized spacial score (nSPS) is 10.2. The predicted molar refractivity (Wildman–Crippen MR) is 77.9 cm³/mol. The number of carboxylic acid groups (broad SMARTS) is 1. The summed E-state index contributed by atoms with van der Waals surface area (Å²) in [4.78, 5) is 31.0. The fraction of sp³-hybridized carbons (Fsp3) is 0.143. The highest BCUT2D eigenvalue weighted by Crippen LogP contribution is 2.19. The van der Waals surface area contributed by atoms with Crippen molar-refractivity contribution in [1.29, 1.82) is 0 Å². The average Bonchev–Trinajstić information content (AvgIpc) is 2.43. The Hall–Kier alpha value is -2.47. The number of hydrogen-bond donors (Lipinski definition) is 2. The summed E-state index contributed by atoms with van der Waals surface area (Å²) in [6.45, 7) is 3.40. The maximum atomic E-state index is 12.2. The van der Waals surface area contributed by atoms with Gasteiger partial charge in [0, 0.05) is 5.69 Å². The van der Waals surface area contributed by atoms with E-state index in [-0.39, 0.29) is 16.3 Å². The lowest BCUT2D eigenvalue weighted by atomic mass is 10.1. The number of nitrogens with zero attached hydrogens (tertiary/aromatic N) is 2. The molecule has 0 radical (unpaired) electrons. The van der Waals surface area contributed by atoms with E-state index in [0.717, 1.165) is 5.56 Å². The van der Waals surface area contributed by atoms with Crippen LogP contribution in [0.1, 0.15) is 32.2 Å². The van der Waals surface area contributed by atoms with Crippen molar-refractivity contribution in [1.82, 2.24) is 9.97 Å². The van der Waals surface area contributed by atoms with Gasteiger partial charge in [0.2, 0.25) is 0 Å². The van der Waals surface area contributed by atoms with Gasteiger partial charge in [-0.15, -0.1) is 0 Å². The minimum Gasteiger partial charge on any atom is -0.478 e. The van der Waals surface area contributed by atoms with Gasteiger partial charge < -0.3 is 10.4 Å². The van der Waals surface area contributed by atoms with Gasteiger partial charge in [0.15, 0.2) is 5.69 Å². The first kappa shape index (κ1) is 14.9. The monoisotopic (exact) mass is 305 g/mol. The molecule has 0 bridgehead atoms. The Morgan fingerprint density at radius 3 is 2.67 bits per heavy atom. The van der Waals surface area contributed by atoms with Crippen LogP contribution < -0.4 is 5.32 Å². The lowest BCUT2D eigenvalue weighted by Gasteiger charge is -2.10. The second-order valence-corrected chi connectivity index (χ2v) is 4.81. The number of hydrogen-bond acceptors (Lipinski definition) is 4. The van der Waals surface area contributed by atoms with Crippen LogP contribution in [0, 0.1) is 13.8 Å². The molecule has 7 heteroatoms. The number of benzene rings is 1. The molecule has 21 heavy (non-hydrogen) atoms. The van der Waals surface area contributed by atoms with Crippen LogP contribution in [0.15, 0.2) is 24.4 Å². The second kappa shape index (κ2) is 5.88. The molecule has 2 aromatic rings. The van der Waals surface area contributed by atoms with Gasteiger partial charge in [0.1, 0.15) is 5.82 Å². The Labute approximate surface area is 125 Å². The van der Waals surface area contributed by atoms with E-state index < -0.39 is 11.9 Å². The van der Waals surface area contributed by atoms with Crippen LogP contribution in [-0.4, -0.2) is 27.0 Å². The quantitative estimate of drug-likeness (QED) is 0.909. The van der Waals surface area contributed by atoms with Gasteiger partial charge in [0.05, 0.1) is 16.8 Å². The average molecular weight is 306 g/mol. The van der Waals surface area contributed by atoms with Crippen LogP contribution in [0.4, 0.5) is 5.69 Å². The number of rotatable bonds is 3. The molecule has 0 aliphatic heterocycles. The number of aromatic carboxylic acids is 1. The van der Waals surface area contributed by atoms with Crippen LogP contribution >= 0.6 is 11.6 Å². The van der Waals surface area contributed by atoms with Crippen LogP contribution in [0.2, 0.25) is 5.02 Å². The van der Waals surface area contributed by atoms with Crippen LogP contribution in [0.25, 0.3) is 0 Å². The lowest BCUT2D eigenvalue weighted by molar-refractivity contribution is 0.0696. The lowest BCUT2D eigenvalue weighted by Crippen LogP contribution is -2.16. The summed E-state index contributed by atoms with van der Waals surface area (Å²) in [7, 11) is 0. The third kappa shape index (κ3) is 3.35. The van der Waals surface area contributed by atoms with Crippen molar-refractivity contribution in [2.45, 2.75) is 13.8 Å². The van der Waals surface area contributed by atoms with E-state index >= 15 is 0 Å². The molecule has 2 rings (SSSR count). The van der Waals surface area contributed by atoms with Crippen molar-refractivity contribution >= 4 is 29.2 Å². The van der Waals surface area contributed by atoms with Gasteiger partial charge in [-0.2, -0.15) is 0 Å². The molecule has 0 unspecified atom stereocenters. The molecule has 2 N–H and O–H groups in total. The molecule has 0 saturated carbocycles. The van der Waals surface area contributed by atoms with Crippen molar-refractivity contribution in [2.24, 2.45) is 0 Å². The molecule has 0 spiro atoms. The largest absolute Gasteiger partial charge is 0.478 e. The number of carboxylic acids is 1. The number of aromatic nitrogens is 2. The van der Waals surface area contributed by atoms with Crippen molar-refractivity contribution in [3.63, 3.8) is 0 Å².